The first-order valence-corrected chi connectivity index (χ1v) is 7.44. The molecule has 0 bridgehead atoms. The Labute approximate surface area is 124 Å². The minimum atomic E-state index is -0.329. The van der Waals surface area contributed by atoms with Crippen molar-refractivity contribution in [2.45, 2.75) is 25.8 Å². The van der Waals surface area contributed by atoms with Gasteiger partial charge in [-0.05, 0) is 43.5 Å². The third-order valence-corrected chi connectivity index (χ3v) is 3.98. The van der Waals surface area contributed by atoms with Crippen LogP contribution in [0.15, 0.2) is 27.2 Å². The SMILES string of the molecule is CC1CCNC(c2nc(-c3cc(F)cc(Br)c3)no2)C1. The lowest BCUT2D eigenvalue weighted by atomic mass is 9.94. The van der Waals surface area contributed by atoms with Crippen molar-refractivity contribution in [3.05, 3.63) is 34.4 Å². The van der Waals surface area contributed by atoms with Crippen LogP contribution in [-0.4, -0.2) is 16.7 Å². The highest BCUT2D eigenvalue weighted by molar-refractivity contribution is 9.10. The maximum absolute atomic E-state index is 13.4. The van der Waals surface area contributed by atoms with E-state index in [1.165, 1.54) is 12.1 Å². The summed E-state index contributed by atoms with van der Waals surface area (Å²) in [5.41, 5.74) is 0.607. The van der Waals surface area contributed by atoms with E-state index in [2.05, 4.69) is 38.3 Å². The van der Waals surface area contributed by atoms with E-state index in [-0.39, 0.29) is 11.9 Å². The number of nitrogens with zero attached hydrogens (tertiary/aromatic N) is 2. The van der Waals surface area contributed by atoms with E-state index >= 15 is 0 Å². The Balaban J connectivity index is 1.86. The Morgan fingerprint density at radius 2 is 2.25 bits per heavy atom. The van der Waals surface area contributed by atoms with Crippen molar-refractivity contribution in [2.75, 3.05) is 6.54 Å². The van der Waals surface area contributed by atoms with Crippen molar-refractivity contribution in [3.8, 4) is 11.4 Å². The molecular formula is C14H15BrFN3O. The molecule has 1 aromatic heterocycles. The van der Waals surface area contributed by atoms with E-state index < -0.39 is 0 Å². The molecule has 2 aromatic rings. The second-order valence-corrected chi connectivity index (χ2v) is 6.17. The summed E-state index contributed by atoms with van der Waals surface area (Å²) < 4.78 is 19.4. The van der Waals surface area contributed by atoms with Crippen LogP contribution < -0.4 is 5.32 Å². The Bertz CT molecular complexity index is 596. The molecule has 0 radical (unpaired) electrons. The second kappa shape index (κ2) is 5.61. The first kappa shape index (κ1) is 13.7. The number of nitrogens with one attached hydrogen (secondary N) is 1. The Morgan fingerprint density at radius 3 is 3.00 bits per heavy atom. The van der Waals surface area contributed by atoms with Crippen LogP contribution in [0.5, 0.6) is 0 Å². The largest absolute Gasteiger partial charge is 0.337 e. The van der Waals surface area contributed by atoms with Gasteiger partial charge in [0.25, 0.3) is 0 Å². The lowest BCUT2D eigenvalue weighted by Gasteiger charge is -2.25. The van der Waals surface area contributed by atoms with Gasteiger partial charge in [-0.1, -0.05) is 28.0 Å². The Hall–Kier alpha value is -1.27. The predicted molar refractivity (Wildman–Crippen MR) is 76.5 cm³/mol. The summed E-state index contributed by atoms with van der Waals surface area (Å²) in [7, 11) is 0. The second-order valence-electron chi connectivity index (χ2n) is 5.25. The van der Waals surface area contributed by atoms with E-state index in [0.717, 1.165) is 19.4 Å². The number of halogens is 2. The summed E-state index contributed by atoms with van der Waals surface area (Å²) >= 11 is 3.26. The average Bonchev–Trinajstić information content (AvgIpc) is 2.87. The van der Waals surface area contributed by atoms with Gasteiger partial charge in [0.15, 0.2) is 0 Å². The molecule has 0 aliphatic carbocycles. The lowest BCUT2D eigenvalue weighted by molar-refractivity contribution is 0.260. The highest BCUT2D eigenvalue weighted by Gasteiger charge is 2.25. The molecule has 6 heteroatoms. The number of aromatic nitrogens is 2. The first-order chi connectivity index (χ1) is 9.61. The van der Waals surface area contributed by atoms with Crippen molar-refractivity contribution in [1.29, 1.82) is 0 Å². The van der Waals surface area contributed by atoms with Gasteiger partial charge in [0.2, 0.25) is 11.7 Å². The molecule has 1 saturated heterocycles. The van der Waals surface area contributed by atoms with Gasteiger partial charge in [0.1, 0.15) is 5.82 Å². The van der Waals surface area contributed by atoms with Crippen molar-refractivity contribution in [1.82, 2.24) is 15.5 Å². The lowest BCUT2D eigenvalue weighted by Crippen LogP contribution is -2.30. The Morgan fingerprint density at radius 1 is 1.40 bits per heavy atom. The summed E-state index contributed by atoms with van der Waals surface area (Å²) in [6, 6.07) is 4.66. The smallest absolute Gasteiger partial charge is 0.244 e. The summed E-state index contributed by atoms with van der Waals surface area (Å²) in [6.07, 6.45) is 2.14. The zero-order valence-electron chi connectivity index (χ0n) is 11.1. The van der Waals surface area contributed by atoms with Gasteiger partial charge in [-0.3, -0.25) is 0 Å². The molecule has 3 rings (SSSR count). The number of benzene rings is 1. The molecule has 2 unspecified atom stereocenters. The molecule has 2 atom stereocenters. The summed E-state index contributed by atoms with van der Waals surface area (Å²) in [5, 5.41) is 7.33. The van der Waals surface area contributed by atoms with Gasteiger partial charge >= 0.3 is 0 Å². The fraction of sp³-hybridized carbons (Fsp3) is 0.429. The van der Waals surface area contributed by atoms with Gasteiger partial charge in [-0.2, -0.15) is 4.98 Å². The quantitative estimate of drug-likeness (QED) is 0.906. The minimum absolute atomic E-state index is 0.0944. The van der Waals surface area contributed by atoms with Crippen LogP contribution in [0.25, 0.3) is 11.4 Å². The molecule has 2 heterocycles. The van der Waals surface area contributed by atoms with Crippen LogP contribution >= 0.6 is 15.9 Å². The zero-order chi connectivity index (χ0) is 14.1. The normalized spacial score (nSPS) is 22.9. The fourth-order valence-corrected chi connectivity index (χ4v) is 2.94. The van der Waals surface area contributed by atoms with Crippen molar-refractivity contribution in [2.24, 2.45) is 5.92 Å². The van der Waals surface area contributed by atoms with E-state index in [4.69, 9.17) is 4.52 Å². The van der Waals surface area contributed by atoms with Crippen LogP contribution in [0, 0.1) is 11.7 Å². The van der Waals surface area contributed by atoms with E-state index in [9.17, 15) is 4.39 Å². The summed E-state index contributed by atoms with van der Waals surface area (Å²) in [4.78, 5) is 4.39. The topological polar surface area (TPSA) is 51.0 Å². The average molecular weight is 340 g/mol. The van der Waals surface area contributed by atoms with Crippen LogP contribution in [-0.2, 0) is 0 Å². The van der Waals surface area contributed by atoms with Gasteiger partial charge in [0.05, 0.1) is 6.04 Å². The molecular weight excluding hydrogens is 325 g/mol. The van der Waals surface area contributed by atoms with E-state index in [1.807, 2.05) is 0 Å². The van der Waals surface area contributed by atoms with Crippen LogP contribution in [0.2, 0.25) is 0 Å². The zero-order valence-corrected chi connectivity index (χ0v) is 12.7. The molecule has 0 saturated carbocycles. The summed E-state index contributed by atoms with van der Waals surface area (Å²) in [5.74, 6) is 1.30. The molecule has 1 aliphatic heterocycles. The minimum Gasteiger partial charge on any atom is -0.337 e. The van der Waals surface area contributed by atoms with Crippen molar-refractivity contribution < 1.29 is 8.91 Å². The third kappa shape index (κ3) is 2.91. The van der Waals surface area contributed by atoms with Gasteiger partial charge in [-0.25, -0.2) is 4.39 Å². The monoisotopic (exact) mass is 339 g/mol. The standard InChI is InChI=1S/C14H15BrFN3O/c1-8-2-3-17-12(4-8)14-18-13(19-20-14)9-5-10(15)7-11(16)6-9/h5-8,12,17H,2-4H2,1H3. The summed E-state index contributed by atoms with van der Waals surface area (Å²) in [6.45, 7) is 3.17. The van der Waals surface area contributed by atoms with E-state index in [0.29, 0.717) is 27.7 Å². The molecule has 4 nitrogen and oxygen atoms in total. The first-order valence-electron chi connectivity index (χ1n) is 6.65. The third-order valence-electron chi connectivity index (χ3n) is 3.53. The van der Waals surface area contributed by atoms with Gasteiger partial charge in [0, 0.05) is 10.0 Å². The van der Waals surface area contributed by atoms with Crippen molar-refractivity contribution in [3.63, 3.8) is 0 Å². The molecule has 0 spiro atoms. The molecule has 1 aliphatic rings. The molecule has 1 aromatic carbocycles. The van der Waals surface area contributed by atoms with Gasteiger partial charge in [-0.15, -0.1) is 0 Å². The van der Waals surface area contributed by atoms with Gasteiger partial charge < -0.3 is 9.84 Å². The van der Waals surface area contributed by atoms with Crippen LogP contribution in [0.1, 0.15) is 31.7 Å². The fourth-order valence-electron chi connectivity index (χ4n) is 2.47. The molecule has 106 valence electrons. The van der Waals surface area contributed by atoms with Crippen LogP contribution in [0.3, 0.4) is 0 Å². The maximum Gasteiger partial charge on any atom is 0.244 e. The van der Waals surface area contributed by atoms with E-state index in [1.54, 1.807) is 6.07 Å². The predicted octanol–water partition coefficient (Wildman–Crippen LogP) is 3.70. The maximum atomic E-state index is 13.4. The molecule has 1 N–H and O–H groups in total. The Kier molecular flexibility index (Phi) is 3.85. The molecule has 0 amide bonds. The molecule has 1 fully saturated rings. The number of piperidine rings is 1. The van der Waals surface area contributed by atoms with Crippen molar-refractivity contribution >= 4 is 15.9 Å². The van der Waals surface area contributed by atoms with Crippen LogP contribution in [0.4, 0.5) is 4.39 Å². The highest BCUT2D eigenvalue weighted by Crippen LogP contribution is 2.28. The highest BCUT2D eigenvalue weighted by atomic mass is 79.9. The number of rotatable bonds is 2. The number of hydrogen-bond donors (Lipinski definition) is 1. The molecule has 20 heavy (non-hydrogen) atoms. The number of hydrogen-bond acceptors (Lipinski definition) is 4.